The van der Waals surface area contributed by atoms with E-state index in [1.165, 1.54) is 12.8 Å². The van der Waals surface area contributed by atoms with Crippen molar-refractivity contribution in [2.75, 3.05) is 44.7 Å². The zero-order valence-corrected chi connectivity index (χ0v) is 16.4. The van der Waals surface area contributed by atoms with E-state index in [0.717, 1.165) is 44.6 Å². The Balaban J connectivity index is 1.26. The van der Waals surface area contributed by atoms with Crippen LogP contribution in [0.3, 0.4) is 0 Å². The van der Waals surface area contributed by atoms with Crippen LogP contribution < -0.4 is 5.32 Å². The first kappa shape index (κ1) is 19.2. The van der Waals surface area contributed by atoms with Gasteiger partial charge in [0, 0.05) is 44.3 Å². The van der Waals surface area contributed by atoms with E-state index >= 15 is 0 Å². The molecule has 3 aliphatic rings. The molecule has 0 bridgehead atoms. The molecule has 2 amide bonds. The summed E-state index contributed by atoms with van der Waals surface area (Å²) in [7, 11) is 0. The van der Waals surface area contributed by atoms with Crippen LogP contribution in [0.15, 0.2) is 18.3 Å². The fourth-order valence-electron chi connectivity index (χ4n) is 4.44. The van der Waals surface area contributed by atoms with Crippen molar-refractivity contribution in [1.29, 1.82) is 0 Å². The van der Waals surface area contributed by atoms with Crippen LogP contribution in [-0.4, -0.2) is 72.0 Å². The molecule has 0 radical (unpaired) electrons. The quantitative estimate of drug-likeness (QED) is 0.858. The standard InChI is InChI=1S/C21H30N4O3/c26-20(16-3-1-2-4-16)24-9-7-18(8-10-24)23-19-6-5-17(15-22-19)21(27)25-11-13-28-14-12-25/h5-6,15-16,18H,1-4,7-14H2,(H,22,23). The number of hydrogen-bond acceptors (Lipinski definition) is 5. The Hall–Kier alpha value is -2.15. The average molecular weight is 386 g/mol. The summed E-state index contributed by atoms with van der Waals surface area (Å²) in [5.41, 5.74) is 0.615. The molecule has 1 aromatic rings. The number of anilines is 1. The second kappa shape index (κ2) is 8.90. The molecule has 3 fully saturated rings. The van der Waals surface area contributed by atoms with Gasteiger partial charge in [-0.2, -0.15) is 0 Å². The van der Waals surface area contributed by atoms with Crippen molar-refractivity contribution in [2.24, 2.45) is 5.92 Å². The lowest BCUT2D eigenvalue weighted by molar-refractivity contribution is -0.136. The van der Waals surface area contributed by atoms with Crippen LogP contribution in [0.5, 0.6) is 0 Å². The van der Waals surface area contributed by atoms with Gasteiger partial charge in [0.15, 0.2) is 0 Å². The van der Waals surface area contributed by atoms with Crippen molar-refractivity contribution in [1.82, 2.24) is 14.8 Å². The zero-order valence-electron chi connectivity index (χ0n) is 16.4. The number of morpholine rings is 1. The molecule has 152 valence electrons. The Kier molecular flexibility index (Phi) is 6.10. The third-order valence-corrected chi connectivity index (χ3v) is 6.17. The number of likely N-dealkylation sites (tertiary alicyclic amines) is 1. The lowest BCUT2D eigenvalue weighted by atomic mass is 10.0. The van der Waals surface area contributed by atoms with Crippen LogP contribution in [0.2, 0.25) is 0 Å². The fourth-order valence-corrected chi connectivity index (χ4v) is 4.44. The molecule has 2 aliphatic heterocycles. The normalized spacial score (nSPS) is 21.7. The topological polar surface area (TPSA) is 74.8 Å². The first-order valence-electron chi connectivity index (χ1n) is 10.6. The largest absolute Gasteiger partial charge is 0.378 e. The Labute approximate surface area is 166 Å². The van der Waals surface area contributed by atoms with Crippen molar-refractivity contribution in [3.63, 3.8) is 0 Å². The summed E-state index contributed by atoms with van der Waals surface area (Å²) in [4.78, 5) is 33.3. The minimum atomic E-state index is 0.0149. The van der Waals surface area contributed by atoms with Gasteiger partial charge in [-0.3, -0.25) is 9.59 Å². The maximum atomic E-state index is 12.5. The van der Waals surface area contributed by atoms with Gasteiger partial charge >= 0.3 is 0 Å². The van der Waals surface area contributed by atoms with Gasteiger partial charge in [0.2, 0.25) is 5.91 Å². The fraction of sp³-hybridized carbons (Fsp3) is 0.667. The number of pyridine rings is 1. The van der Waals surface area contributed by atoms with E-state index in [9.17, 15) is 9.59 Å². The first-order valence-corrected chi connectivity index (χ1v) is 10.6. The molecule has 4 rings (SSSR count). The third-order valence-electron chi connectivity index (χ3n) is 6.17. The highest BCUT2D eigenvalue weighted by molar-refractivity contribution is 5.94. The van der Waals surface area contributed by atoms with Gasteiger partial charge in [-0.1, -0.05) is 12.8 Å². The van der Waals surface area contributed by atoms with E-state index in [0.29, 0.717) is 43.8 Å². The molecule has 1 aromatic heterocycles. The monoisotopic (exact) mass is 386 g/mol. The molecule has 7 nitrogen and oxygen atoms in total. The highest BCUT2D eigenvalue weighted by atomic mass is 16.5. The molecule has 1 N–H and O–H groups in total. The number of carbonyl (C=O) groups excluding carboxylic acids is 2. The third kappa shape index (κ3) is 4.46. The molecular formula is C21H30N4O3. The predicted octanol–water partition coefficient (Wildman–Crippen LogP) is 2.15. The number of carbonyl (C=O) groups is 2. The number of rotatable bonds is 4. The molecule has 7 heteroatoms. The van der Waals surface area contributed by atoms with Crippen LogP contribution in [0, 0.1) is 5.92 Å². The maximum Gasteiger partial charge on any atom is 0.255 e. The van der Waals surface area contributed by atoms with E-state index in [1.54, 1.807) is 6.20 Å². The summed E-state index contributed by atoms with van der Waals surface area (Å²) in [6, 6.07) is 4.04. The van der Waals surface area contributed by atoms with Crippen LogP contribution in [0.25, 0.3) is 0 Å². The van der Waals surface area contributed by atoms with E-state index < -0.39 is 0 Å². The maximum absolute atomic E-state index is 12.5. The van der Waals surface area contributed by atoms with Gasteiger partial charge in [-0.05, 0) is 37.8 Å². The number of amides is 2. The zero-order chi connectivity index (χ0) is 19.3. The summed E-state index contributed by atoms with van der Waals surface area (Å²) in [6.45, 7) is 4.11. The van der Waals surface area contributed by atoms with Gasteiger partial charge in [0.05, 0.1) is 18.8 Å². The Morgan fingerprint density at radius 2 is 1.68 bits per heavy atom. The lowest BCUT2D eigenvalue weighted by Crippen LogP contribution is -2.44. The summed E-state index contributed by atoms with van der Waals surface area (Å²) in [6.07, 6.45) is 8.06. The van der Waals surface area contributed by atoms with Crippen molar-refractivity contribution in [3.05, 3.63) is 23.9 Å². The molecule has 0 aromatic carbocycles. The molecule has 0 spiro atoms. The van der Waals surface area contributed by atoms with E-state index in [1.807, 2.05) is 21.9 Å². The second-order valence-electron chi connectivity index (χ2n) is 8.06. The first-order chi connectivity index (χ1) is 13.7. The summed E-state index contributed by atoms with van der Waals surface area (Å²) < 4.78 is 5.30. The summed E-state index contributed by atoms with van der Waals surface area (Å²) in [5, 5.41) is 3.46. The molecule has 28 heavy (non-hydrogen) atoms. The smallest absolute Gasteiger partial charge is 0.255 e. The Morgan fingerprint density at radius 1 is 0.964 bits per heavy atom. The molecular weight excluding hydrogens is 356 g/mol. The van der Waals surface area contributed by atoms with Gasteiger partial charge in [-0.25, -0.2) is 4.98 Å². The van der Waals surface area contributed by atoms with Gasteiger partial charge < -0.3 is 19.9 Å². The number of nitrogens with zero attached hydrogens (tertiary/aromatic N) is 3. The van der Waals surface area contributed by atoms with Crippen molar-refractivity contribution >= 4 is 17.6 Å². The molecule has 3 heterocycles. The summed E-state index contributed by atoms with van der Waals surface area (Å²) >= 11 is 0. The van der Waals surface area contributed by atoms with Crippen LogP contribution >= 0.6 is 0 Å². The predicted molar refractivity (Wildman–Crippen MR) is 106 cm³/mol. The van der Waals surface area contributed by atoms with Gasteiger partial charge in [-0.15, -0.1) is 0 Å². The van der Waals surface area contributed by atoms with Gasteiger partial charge in [0.25, 0.3) is 5.91 Å². The number of hydrogen-bond donors (Lipinski definition) is 1. The SMILES string of the molecule is O=C(c1ccc(NC2CCN(C(=O)C3CCCC3)CC2)nc1)N1CCOCC1. The van der Waals surface area contributed by atoms with Crippen molar-refractivity contribution < 1.29 is 14.3 Å². The number of aromatic nitrogens is 1. The van der Waals surface area contributed by atoms with E-state index in [-0.39, 0.29) is 11.8 Å². The molecule has 0 unspecified atom stereocenters. The van der Waals surface area contributed by atoms with E-state index in [4.69, 9.17) is 4.74 Å². The Morgan fingerprint density at radius 3 is 2.32 bits per heavy atom. The molecule has 2 saturated heterocycles. The van der Waals surface area contributed by atoms with Crippen LogP contribution in [0.4, 0.5) is 5.82 Å². The number of ether oxygens (including phenoxy) is 1. The summed E-state index contributed by atoms with van der Waals surface area (Å²) in [5.74, 6) is 1.43. The van der Waals surface area contributed by atoms with Crippen molar-refractivity contribution in [2.45, 2.75) is 44.6 Å². The molecule has 1 aliphatic carbocycles. The van der Waals surface area contributed by atoms with Crippen molar-refractivity contribution in [3.8, 4) is 0 Å². The molecule has 0 atom stereocenters. The molecule has 1 saturated carbocycles. The second-order valence-corrected chi connectivity index (χ2v) is 8.06. The van der Waals surface area contributed by atoms with Gasteiger partial charge in [0.1, 0.15) is 5.82 Å². The average Bonchev–Trinajstić information content (AvgIpc) is 3.29. The minimum Gasteiger partial charge on any atom is -0.378 e. The van der Waals surface area contributed by atoms with Crippen LogP contribution in [-0.2, 0) is 9.53 Å². The number of piperidine rings is 1. The number of nitrogens with one attached hydrogen (secondary N) is 1. The lowest BCUT2D eigenvalue weighted by Gasteiger charge is -2.34. The van der Waals surface area contributed by atoms with E-state index in [2.05, 4.69) is 10.3 Å². The highest BCUT2D eigenvalue weighted by Gasteiger charge is 2.30. The highest BCUT2D eigenvalue weighted by Crippen LogP contribution is 2.28. The Bertz CT molecular complexity index is 673. The minimum absolute atomic E-state index is 0.0149. The van der Waals surface area contributed by atoms with Crippen LogP contribution in [0.1, 0.15) is 48.9 Å².